The highest BCUT2D eigenvalue weighted by Gasteiger charge is 2.44. The molecule has 2 aromatic carbocycles. The lowest BCUT2D eigenvalue weighted by molar-refractivity contribution is -0.137. The van der Waals surface area contributed by atoms with Gasteiger partial charge in [0.05, 0.1) is 5.25 Å². The molecule has 4 amide bonds. The Hall–Kier alpha value is -3.14. The molecule has 0 spiro atoms. The summed E-state index contributed by atoms with van der Waals surface area (Å²) in [5.74, 6) is -1.79. The third-order valence-electron chi connectivity index (χ3n) is 9.32. The van der Waals surface area contributed by atoms with E-state index in [0.29, 0.717) is 44.9 Å². The van der Waals surface area contributed by atoms with Crippen LogP contribution in [-0.4, -0.2) is 70.0 Å². The topological polar surface area (TPSA) is 73.0 Å². The highest BCUT2D eigenvalue weighted by Crippen LogP contribution is 2.46. The number of hydrogen-bond donors (Lipinski definition) is 1. The number of rotatable bonds is 6. The van der Waals surface area contributed by atoms with Gasteiger partial charge in [-0.25, -0.2) is 13.6 Å². The van der Waals surface area contributed by atoms with Crippen molar-refractivity contribution in [1.29, 1.82) is 0 Å². The number of piperidine rings is 1. The summed E-state index contributed by atoms with van der Waals surface area (Å²) < 4.78 is 29.1. The van der Waals surface area contributed by atoms with Gasteiger partial charge in [0.1, 0.15) is 5.37 Å². The van der Waals surface area contributed by atoms with E-state index >= 15 is 0 Å². The molecule has 0 aromatic heterocycles. The van der Waals surface area contributed by atoms with E-state index in [1.54, 1.807) is 15.9 Å². The predicted octanol–water partition coefficient (Wildman–Crippen LogP) is 6.21. The number of hydrogen-bond acceptors (Lipinski definition) is 4. The molecule has 2 aromatic rings. The van der Waals surface area contributed by atoms with Crippen LogP contribution in [0, 0.1) is 17.6 Å². The number of carbonyl (C=O) groups excluding carboxylic acids is 3. The van der Waals surface area contributed by atoms with E-state index in [4.69, 9.17) is 0 Å². The zero-order chi connectivity index (χ0) is 29.2. The van der Waals surface area contributed by atoms with Crippen molar-refractivity contribution in [1.82, 2.24) is 14.7 Å². The number of halogens is 2. The number of nitrogens with one attached hydrogen (secondary N) is 1. The van der Waals surface area contributed by atoms with Gasteiger partial charge in [0.15, 0.2) is 11.6 Å². The number of carbonyl (C=O) groups is 3. The first-order valence-electron chi connectivity index (χ1n) is 15.2. The Morgan fingerprint density at radius 1 is 0.952 bits per heavy atom. The molecule has 6 rings (SSSR count). The second-order valence-electron chi connectivity index (χ2n) is 12.0. The van der Waals surface area contributed by atoms with Crippen molar-refractivity contribution in [3.8, 4) is 0 Å². The Balaban J connectivity index is 0.00000368. The zero-order valence-corrected chi connectivity index (χ0v) is 24.6. The van der Waals surface area contributed by atoms with E-state index < -0.39 is 22.3 Å². The molecule has 4 aliphatic rings. The predicted molar refractivity (Wildman–Crippen MR) is 161 cm³/mol. The van der Waals surface area contributed by atoms with Crippen LogP contribution >= 0.6 is 11.8 Å². The largest absolute Gasteiger partial charge is 0.342 e. The number of urea groups is 1. The average molecular weight is 599 g/mol. The zero-order valence-electron chi connectivity index (χ0n) is 23.8. The first kappa shape index (κ1) is 29.0. The summed E-state index contributed by atoms with van der Waals surface area (Å²) in [5, 5.41) is 1.74. The highest BCUT2D eigenvalue weighted by atomic mass is 32.2. The third kappa shape index (κ3) is 6.00. The van der Waals surface area contributed by atoms with Gasteiger partial charge in [0.25, 0.3) is 0 Å². The van der Waals surface area contributed by atoms with E-state index in [2.05, 4.69) is 5.32 Å². The second-order valence-corrected chi connectivity index (χ2v) is 13.2. The highest BCUT2D eigenvalue weighted by molar-refractivity contribution is 8.01. The van der Waals surface area contributed by atoms with Gasteiger partial charge in [0.2, 0.25) is 11.8 Å². The van der Waals surface area contributed by atoms with Gasteiger partial charge in [-0.1, -0.05) is 49.6 Å². The van der Waals surface area contributed by atoms with Crippen LogP contribution in [0.3, 0.4) is 0 Å². The van der Waals surface area contributed by atoms with Gasteiger partial charge in [0, 0.05) is 51.3 Å². The van der Waals surface area contributed by atoms with Crippen molar-refractivity contribution in [2.75, 3.05) is 31.5 Å². The van der Waals surface area contributed by atoms with Crippen molar-refractivity contribution < 1.29 is 24.6 Å². The number of thioether (sulfide) groups is 1. The molecule has 0 bridgehead atoms. The minimum absolute atomic E-state index is 0. The van der Waals surface area contributed by atoms with E-state index in [1.807, 2.05) is 29.2 Å². The van der Waals surface area contributed by atoms with E-state index in [0.717, 1.165) is 49.4 Å². The lowest BCUT2D eigenvalue weighted by Gasteiger charge is -2.38. The molecule has 1 N–H and O–H groups in total. The number of para-hydroxylation sites is 1. The smallest absolute Gasteiger partial charge is 0.322 e. The summed E-state index contributed by atoms with van der Waals surface area (Å²) in [5.41, 5.74) is 2.14. The Kier molecular flexibility index (Phi) is 8.70. The van der Waals surface area contributed by atoms with Gasteiger partial charge in [-0.15, -0.1) is 11.8 Å². The Morgan fingerprint density at radius 2 is 1.71 bits per heavy atom. The van der Waals surface area contributed by atoms with Gasteiger partial charge in [-0.05, 0) is 55.7 Å². The molecule has 2 saturated heterocycles. The van der Waals surface area contributed by atoms with E-state index in [-0.39, 0.29) is 37.3 Å². The van der Waals surface area contributed by atoms with Crippen LogP contribution in [0.25, 0.3) is 0 Å². The first-order chi connectivity index (χ1) is 20.4. The van der Waals surface area contributed by atoms with Crippen LogP contribution in [0.5, 0.6) is 0 Å². The van der Waals surface area contributed by atoms with Crippen LogP contribution < -0.4 is 5.32 Å². The molecule has 1 aliphatic carbocycles. The van der Waals surface area contributed by atoms with Crippen molar-refractivity contribution in [3.05, 3.63) is 65.2 Å². The molecule has 3 heterocycles. The van der Waals surface area contributed by atoms with Gasteiger partial charge in [-0.3, -0.25) is 9.59 Å². The minimum atomic E-state index is -0.928. The van der Waals surface area contributed by atoms with Crippen molar-refractivity contribution >= 4 is 35.3 Å². The summed E-state index contributed by atoms with van der Waals surface area (Å²) in [6.07, 6.45) is 7.61. The van der Waals surface area contributed by atoms with Gasteiger partial charge in [-0.2, -0.15) is 0 Å². The number of benzene rings is 2. The molecular formula is C32H40F2N4O3S. The number of amides is 4. The lowest BCUT2D eigenvalue weighted by Crippen LogP contribution is -2.50. The second kappa shape index (κ2) is 12.6. The summed E-state index contributed by atoms with van der Waals surface area (Å²) >= 11 is 1.26. The monoisotopic (exact) mass is 598 g/mol. The molecule has 3 fully saturated rings. The Bertz CT molecular complexity index is 1340. The molecule has 1 saturated carbocycles. The molecule has 10 heteroatoms. The van der Waals surface area contributed by atoms with Gasteiger partial charge >= 0.3 is 6.03 Å². The summed E-state index contributed by atoms with van der Waals surface area (Å²) in [6.45, 7) is 2.16. The van der Waals surface area contributed by atoms with Crippen molar-refractivity contribution in [2.45, 2.75) is 74.5 Å². The SMILES string of the molecule is O=C(CC1SC(c2cccc(F)c2F)N(CC2CCCCC2)C1=O)N1CCC(N2CCc3ccccc3NC2=O)CC1.[HH]. The summed E-state index contributed by atoms with van der Waals surface area (Å²) in [7, 11) is 0. The van der Waals surface area contributed by atoms with Crippen molar-refractivity contribution in [2.24, 2.45) is 5.92 Å². The van der Waals surface area contributed by atoms with Crippen molar-refractivity contribution in [3.63, 3.8) is 0 Å². The fourth-order valence-corrected chi connectivity index (χ4v) is 8.43. The molecule has 0 radical (unpaired) electrons. The normalized spacial score (nSPS) is 24.0. The number of anilines is 1. The minimum Gasteiger partial charge on any atom is -0.342 e. The maximum atomic E-state index is 14.9. The maximum Gasteiger partial charge on any atom is 0.322 e. The fourth-order valence-electron chi connectivity index (χ4n) is 6.96. The summed E-state index contributed by atoms with van der Waals surface area (Å²) in [4.78, 5) is 45.4. The van der Waals surface area contributed by atoms with Gasteiger partial charge < -0.3 is 20.0 Å². The molecule has 2 unspecified atom stereocenters. The number of likely N-dealkylation sites (tertiary alicyclic amines) is 1. The molecule has 7 nitrogen and oxygen atoms in total. The molecular weight excluding hydrogens is 558 g/mol. The number of fused-ring (bicyclic) bond motifs is 1. The molecule has 2 atom stereocenters. The van der Waals surface area contributed by atoms with E-state index in [9.17, 15) is 23.2 Å². The van der Waals surface area contributed by atoms with Crippen LogP contribution in [0.15, 0.2) is 42.5 Å². The van der Waals surface area contributed by atoms with Crippen LogP contribution in [-0.2, 0) is 16.0 Å². The molecule has 226 valence electrons. The maximum absolute atomic E-state index is 14.9. The van der Waals surface area contributed by atoms with Crippen LogP contribution in [0.2, 0.25) is 0 Å². The van der Waals surface area contributed by atoms with Crippen LogP contribution in [0.1, 0.15) is 69.3 Å². The van der Waals surface area contributed by atoms with Crippen LogP contribution in [0.4, 0.5) is 19.3 Å². The quantitative estimate of drug-likeness (QED) is 0.430. The Morgan fingerprint density at radius 3 is 2.50 bits per heavy atom. The Labute approximate surface area is 251 Å². The standard InChI is InChI=1S/C32H38F2N4O3S.H2/c33-25-11-6-10-24(29(25)34)31-38(20-21-7-2-1-3-8-21)30(40)27(42-31)19-28(39)36-16-14-23(15-17-36)37-18-13-22-9-4-5-12-26(22)35-32(37)41;/h4-6,9-12,21,23,27,31H,1-3,7-8,13-20H2,(H,35,41);1H. The summed E-state index contributed by atoms with van der Waals surface area (Å²) in [6, 6.07) is 11.9. The first-order valence-corrected chi connectivity index (χ1v) is 16.2. The molecule has 3 aliphatic heterocycles. The number of nitrogens with zero attached hydrogens (tertiary/aromatic N) is 3. The van der Waals surface area contributed by atoms with E-state index in [1.165, 1.54) is 24.2 Å². The lowest BCUT2D eigenvalue weighted by atomic mass is 9.88. The average Bonchev–Trinajstić information content (AvgIpc) is 3.18. The molecule has 42 heavy (non-hydrogen) atoms. The fraction of sp³-hybridized carbons (Fsp3) is 0.531. The third-order valence-corrected chi connectivity index (χ3v) is 10.8.